The third-order valence-electron chi connectivity index (χ3n) is 1.96. The predicted octanol–water partition coefficient (Wildman–Crippen LogP) is 2.37. The molecule has 2 N–H and O–H groups in total. The number of hydrogen-bond donors (Lipinski definition) is 1. The van der Waals surface area contributed by atoms with E-state index in [0.717, 1.165) is 17.4 Å². The molecule has 3 nitrogen and oxygen atoms in total. The fourth-order valence-electron chi connectivity index (χ4n) is 1.25. The highest BCUT2D eigenvalue weighted by Crippen LogP contribution is 2.30. The summed E-state index contributed by atoms with van der Waals surface area (Å²) in [5.74, 6) is -1.81. The van der Waals surface area contributed by atoms with Gasteiger partial charge in [-0.2, -0.15) is 0 Å². The number of anilines is 1. The van der Waals surface area contributed by atoms with Gasteiger partial charge in [0.25, 0.3) is 0 Å². The van der Waals surface area contributed by atoms with Crippen molar-refractivity contribution in [3.63, 3.8) is 0 Å². The first-order chi connectivity index (χ1) is 7.09. The summed E-state index contributed by atoms with van der Waals surface area (Å²) in [6.45, 7) is 1.68. The van der Waals surface area contributed by atoms with E-state index < -0.39 is 11.6 Å². The van der Waals surface area contributed by atoms with Crippen molar-refractivity contribution < 1.29 is 8.78 Å². The van der Waals surface area contributed by atoms with Gasteiger partial charge in [-0.05, 0) is 18.6 Å². The van der Waals surface area contributed by atoms with Crippen LogP contribution in [0.2, 0.25) is 0 Å². The van der Waals surface area contributed by atoms with Gasteiger partial charge in [0.1, 0.15) is 0 Å². The molecule has 0 amide bonds. The van der Waals surface area contributed by atoms with Crippen LogP contribution in [0.3, 0.4) is 0 Å². The van der Waals surface area contributed by atoms with Gasteiger partial charge < -0.3 is 5.73 Å². The Balaban J connectivity index is 2.66. The topological polar surface area (TPSA) is 51.8 Å². The monoisotopic (exact) mass is 227 g/mol. The van der Waals surface area contributed by atoms with E-state index in [2.05, 4.69) is 10.2 Å². The number of nitrogen functional groups attached to an aromatic ring is 1. The van der Waals surface area contributed by atoms with Gasteiger partial charge in [0.05, 0.1) is 5.56 Å². The van der Waals surface area contributed by atoms with E-state index in [1.807, 2.05) is 0 Å². The van der Waals surface area contributed by atoms with Gasteiger partial charge in [-0.3, -0.25) is 0 Å². The highest BCUT2D eigenvalue weighted by molar-refractivity contribution is 7.18. The lowest BCUT2D eigenvalue weighted by atomic mass is 10.1. The average Bonchev–Trinajstić information content (AvgIpc) is 2.59. The van der Waals surface area contributed by atoms with Crippen molar-refractivity contribution in [2.45, 2.75) is 6.92 Å². The molecule has 78 valence electrons. The van der Waals surface area contributed by atoms with Gasteiger partial charge in [0.2, 0.25) is 5.13 Å². The van der Waals surface area contributed by atoms with Gasteiger partial charge in [0, 0.05) is 0 Å². The molecule has 15 heavy (non-hydrogen) atoms. The molecule has 0 aliphatic carbocycles. The van der Waals surface area contributed by atoms with Crippen LogP contribution in [0.15, 0.2) is 12.1 Å². The molecule has 0 saturated carbocycles. The first-order valence-corrected chi connectivity index (χ1v) is 4.95. The molecule has 1 aromatic carbocycles. The summed E-state index contributed by atoms with van der Waals surface area (Å²) in [5, 5.41) is 7.77. The van der Waals surface area contributed by atoms with Crippen LogP contribution in [-0.2, 0) is 0 Å². The minimum atomic E-state index is -0.911. The largest absolute Gasteiger partial charge is 0.374 e. The molecule has 6 heteroatoms. The van der Waals surface area contributed by atoms with Crippen LogP contribution in [0.4, 0.5) is 13.9 Å². The minimum Gasteiger partial charge on any atom is -0.374 e. The maximum absolute atomic E-state index is 13.5. The summed E-state index contributed by atoms with van der Waals surface area (Å²) in [5.41, 5.74) is 6.11. The number of halogens is 2. The molecule has 2 rings (SSSR count). The highest BCUT2D eigenvalue weighted by Gasteiger charge is 2.16. The third kappa shape index (κ3) is 1.68. The van der Waals surface area contributed by atoms with E-state index in [9.17, 15) is 8.78 Å². The molecule has 0 saturated heterocycles. The lowest BCUT2D eigenvalue weighted by Gasteiger charge is -2.03. The summed E-state index contributed by atoms with van der Waals surface area (Å²) in [4.78, 5) is 0. The fourth-order valence-corrected chi connectivity index (χ4v) is 1.96. The Morgan fingerprint density at radius 2 is 2.00 bits per heavy atom. The first-order valence-electron chi connectivity index (χ1n) is 4.13. The summed E-state index contributed by atoms with van der Waals surface area (Å²) in [6, 6.07) is 2.57. The van der Waals surface area contributed by atoms with E-state index >= 15 is 0 Å². The van der Waals surface area contributed by atoms with Crippen molar-refractivity contribution in [3.8, 4) is 10.6 Å². The number of benzene rings is 1. The van der Waals surface area contributed by atoms with E-state index in [1.165, 1.54) is 6.07 Å². The Hall–Kier alpha value is -1.56. The molecular formula is C9H7F2N3S. The normalized spacial score (nSPS) is 10.6. The van der Waals surface area contributed by atoms with E-state index in [1.54, 1.807) is 6.92 Å². The number of hydrogen-bond acceptors (Lipinski definition) is 4. The molecule has 0 bridgehead atoms. The maximum Gasteiger partial charge on any atom is 0.203 e. The van der Waals surface area contributed by atoms with Crippen LogP contribution < -0.4 is 5.73 Å². The lowest BCUT2D eigenvalue weighted by molar-refractivity contribution is 0.510. The second-order valence-corrected chi connectivity index (χ2v) is 4.01. The Labute approximate surface area is 88.6 Å². The SMILES string of the molecule is Cc1ccc(F)c(F)c1-c1nnc(N)s1. The summed E-state index contributed by atoms with van der Waals surface area (Å²) < 4.78 is 26.5. The Morgan fingerprint density at radius 1 is 1.27 bits per heavy atom. The van der Waals surface area contributed by atoms with Gasteiger partial charge in [-0.15, -0.1) is 10.2 Å². The minimum absolute atomic E-state index is 0.129. The number of aromatic nitrogens is 2. The van der Waals surface area contributed by atoms with Crippen LogP contribution >= 0.6 is 11.3 Å². The molecule has 0 fully saturated rings. The maximum atomic E-state index is 13.5. The number of rotatable bonds is 1. The van der Waals surface area contributed by atoms with E-state index in [4.69, 9.17) is 5.73 Å². The van der Waals surface area contributed by atoms with E-state index in [0.29, 0.717) is 10.6 Å². The number of nitrogens with zero attached hydrogens (tertiary/aromatic N) is 2. The van der Waals surface area contributed by atoms with Crippen molar-refractivity contribution in [1.29, 1.82) is 0 Å². The molecule has 0 atom stereocenters. The summed E-state index contributed by atoms with van der Waals surface area (Å²) in [6.07, 6.45) is 0. The number of aryl methyl sites for hydroxylation is 1. The quantitative estimate of drug-likeness (QED) is 0.813. The molecular weight excluding hydrogens is 220 g/mol. The first kappa shape index (κ1) is 9.97. The van der Waals surface area contributed by atoms with Crippen LogP contribution in [-0.4, -0.2) is 10.2 Å². The molecule has 1 heterocycles. The molecule has 0 spiro atoms. The van der Waals surface area contributed by atoms with E-state index in [-0.39, 0.29) is 10.7 Å². The lowest BCUT2D eigenvalue weighted by Crippen LogP contribution is -1.92. The van der Waals surface area contributed by atoms with Crippen LogP contribution in [0.1, 0.15) is 5.56 Å². The van der Waals surface area contributed by atoms with Crippen LogP contribution in [0, 0.1) is 18.6 Å². The molecule has 1 aromatic heterocycles. The van der Waals surface area contributed by atoms with Crippen molar-refractivity contribution in [2.24, 2.45) is 0 Å². The second-order valence-electron chi connectivity index (χ2n) is 3.00. The molecule has 0 aliphatic rings. The number of nitrogens with two attached hydrogens (primary N) is 1. The third-order valence-corrected chi connectivity index (χ3v) is 2.73. The molecule has 2 aromatic rings. The van der Waals surface area contributed by atoms with Crippen molar-refractivity contribution in [2.75, 3.05) is 5.73 Å². The van der Waals surface area contributed by atoms with Crippen molar-refractivity contribution in [3.05, 3.63) is 29.3 Å². The Kier molecular flexibility index (Phi) is 2.36. The molecule has 0 radical (unpaired) electrons. The molecule has 0 unspecified atom stereocenters. The van der Waals surface area contributed by atoms with Gasteiger partial charge >= 0.3 is 0 Å². The van der Waals surface area contributed by atoms with Gasteiger partial charge in [0.15, 0.2) is 16.6 Å². The predicted molar refractivity (Wildman–Crippen MR) is 54.4 cm³/mol. The van der Waals surface area contributed by atoms with Crippen LogP contribution in [0.25, 0.3) is 10.6 Å². The smallest absolute Gasteiger partial charge is 0.203 e. The zero-order chi connectivity index (χ0) is 11.0. The van der Waals surface area contributed by atoms with Crippen LogP contribution in [0.5, 0.6) is 0 Å². The highest BCUT2D eigenvalue weighted by atomic mass is 32.1. The fraction of sp³-hybridized carbons (Fsp3) is 0.111. The molecule has 0 aliphatic heterocycles. The Morgan fingerprint density at radius 3 is 2.60 bits per heavy atom. The van der Waals surface area contributed by atoms with Crippen molar-refractivity contribution in [1.82, 2.24) is 10.2 Å². The average molecular weight is 227 g/mol. The van der Waals surface area contributed by atoms with Crippen molar-refractivity contribution >= 4 is 16.5 Å². The Bertz CT molecular complexity index is 510. The van der Waals surface area contributed by atoms with Gasteiger partial charge in [-0.25, -0.2) is 8.78 Å². The standard InChI is InChI=1S/C9H7F2N3S/c1-4-2-3-5(10)7(11)6(4)8-13-14-9(12)15-8/h2-3H,1H3,(H2,12,14). The summed E-state index contributed by atoms with van der Waals surface area (Å²) >= 11 is 1.03. The second kappa shape index (κ2) is 3.54. The summed E-state index contributed by atoms with van der Waals surface area (Å²) in [7, 11) is 0. The zero-order valence-corrected chi connectivity index (χ0v) is 8.61. The van der Waals surface area contributed by atoms with Gasteiger partial charge in [-0.1, -0.05) is 17.4 Å². The zero-order valence-electron chi connectivity index (χ0n) is 7.79.